The number of halogens is 5. The predicted molar refractivity (Wildman–Crippen MR) is 60.4 cm³/mol. The maximum atomic E-state index is 12.3. The van der Waals surface area contributed by atoms with Crippen LogP contribution in [-0.2, 0) is 4.74 Å². The van der Waals surface area contributed by atoms with Crippen LogP contribution in [0.3, 0.4) is 0 Å². The maximum absolute atomic E-state index is 12.3. The Labute approximate surface area is 120 Å². The molecule has 0 aliphatic carbocycles. The zero-order valence-electron chi connectivity index (χ0n) is 10.9. The molecule has 22 heavy (non-hydrogen) atoms. The van der Waals surface area contributed by atoms with Crippen LogP contribution >= 0.6 is 0 Å². The van der Waals surface area contributed by atoms with Gasteiger partial charge in [0.1, 0.15) is 17.4 Å². The Balaban J connectivity index is 3.41. The van der Waals surface area contributed by atoms with Gasteiger partial charge in [0.15, 0.2) is 5.75 Å². The van der Waals surface area contributed by atoms with Crippen LogP contribution in [0, 0.1) is 11.3 Å². The number of carbonyl (C=O) groups excluding carboxylic acids is 1. The van der Waals surface area contributed by atoms with Crippen LogP contribution in [0.1, 0.15) is 22.8 Å². The number of carbonyl (C=O) groups is 1. The van der Waals surface area contributed by atoms with Gasteiger partial charge in [-0.3, -0.25) is 0 Å². The average molecular weight is 325 g/mol. The van der Waals surface area contributed by atoms with Gasteiger partial charge in [0.05, 0.1) is 12.2 Å². The van der Waals surface area contributed by atoms with E-state index < -0.39 is 41.6 Å². The lowest BCUT2D eigenvalue weighted by atomic mass is 10.1. The van der Waals surface area contributed by atoms with Crippen LogP contribution in [0.4, 0.5) is 22.0 Å². The second kappa shape index (κ2) is 6.93. The van der Waals surface area contributed by atoms with Gasteiger partial charge in [0.2, 0.25) is 0 Å². The number of benzene rings is 1. The first-order valence-corrected chi connectivity index (χ1v) is 5.63. The SMILES string of the molecule is CCOC(=O)c1cc(OC(F)F)c(C#N)c(OC(F)(F)F)c1. The van der Waals surface area contributed by atoms with Crippen LogP contribution in [0.2, 0.25) is 0 Å². The van der Waals surface area contributed by atoms with Gasteiger partial charge in [0, 0.05) is 0 Å². The molecule has 1 aromatic rings. The fraction of sp³-hybridized carbons (Fsp3) is 0.333. The molecule has 0 heterocycles. The number of nitrogens with zero attached hydrogens (tertiary/aromatic N) is 1. The lowest BCUT2D eigenvalue weighted by Gasteiger charge is -2.15. The molecule has 0 bridgehead atoms. The average Bonchev–Trinajstić information content (AvgIpc) is 2.36. The smallest absolute Gasteiger partial charge is 0.462 e. The summed E-state index contributed by atoms with van der Waals surface area (Å²) in [6.45, 7) is -2.08. The molecule has 0 radical (unpaired) electrons. The second-order valence-corrected chi connectivity index (χ2v) is 3.61. The minimum absolute atomic E-state index is 0.0979. The molecule has 0 atom stereocenters. The molecule has 0 amide bonds. The third-order valence-electron chi connectivity index (χ3n) is 2.13. The quantitative estimate of drug-likeness (QED) is 0.614. The van der Waals surface area contributed by atoms with E-state index in [0.717, 1.165) is 0 Å². The first-order valence-electron chi connectivity index (χ1n) is 5.63. The molecule has 0 fully saturated rings. The summed E-state index contributed by atoms with van der Waals surface area (Å²) in [5.41, 5.74) is -1.46. The molecular weight excluding hydrogens is 317 g/mol. The lowest BCUT2D eigenvalue weighted by molar-refractivity contribution is -0.274. The highest BCUT2D eigenvalue weighted by atomic mass is 19.4. The normalized spacial score (nSPS) is 11.0. The summed E-state index contributed by atoms with van der Waals surface area (Å²) in [6, 6.07) is 2.49. The first kappa shape index (κ1) is 17.5. The molecule has 0 aromatic heterocycles. The number of hydrogen-bond acceptors (Lipinski definition) is 5. The van der Waals surface area contributed by atoms with Crippen LogP contribution in [0.5, 0.6) is 11.5 Å². The number of alkyl halides is 5. The number of rotatable bonds is 5. The molecular formula is C12H8F5NO4. The summed E-state index contributed by atoms with van der Waals surface area (Å²) >= 11 is 0. The second-order valence-electron chi connectivity index (χ2n) is 3.61. The molecule has 1 rings (SSSR count). The molecule has 120 valence electrons. The molecule has 0 saturated heterocycles. The number of hydrogen-bond donors (Lipinski definition) is 0. The van der Waals surface area contributed by atoms with Crippen LogP contribution in [0.15, 0.2) is 12.1 Å². The van der Waals surface area contributed by atoms with Crippen LogP contribution in [-0.4, -0.2) is 25.6 Å². The third-order valence-corrected chi connectivity index (χ3v) is 2.13. The molecule has 10 heteroatoms. The Morgan fingerprint density at radius 2 is 1.91 bits per heavy atom. The van der Waals surface area contributed by atoms with E-state index in [1.165, 1.54) is 13.0 Å². The summed E-state index contributed by atoms with van der Waals surface area (Å²) in [6.07, 6.45) is -5.19. The van der Waals surface area contributed by atoms with E-state index in [2.05, 4.69) is 14.2 Å². The molecule has 5 nitrogen and oxygen atoms in total. The van der Waals surface area contributed by atoms with Gasteiger partial charge in [0.25, 0.3) is 0 Å². The van der Waals surface area contributed by atoms with Crippen molar-refractivity contribution in [3.63, 3.8) is 0 Å². The molecule has 0 aliphatic heterocycles. The largest absolute Gasteiger partial charge is 0.573 e. The van der Waals surface area contributed by atoms with Gasteiger partial charge < -0.3 is 14.2 Å². The molecule has 0 saturated carbocycles. The Bertz CT molecular complexity index is 594. The van der Waals surface area contributed by atoms with Crippen molar-refractivity contribution in [3.05, 3.63) is 23.3 Å². The van der Waals surface area contributed by atoms with Crippen molar-refractivity contribution in [3.8, 4) is 17.6 Å². The zero-order valence-corrected chi connectivity index (χ0v) is 10.9. The summed E-state index contributed by atoms with van der Waals surface area (Å²) < 4.78 is 73.5. The number of esters is 1. The van der Waals surface area contributed by atoms with Gasteiger partial charge >= 0.3 is 18.9 Å². The monoisotopic (exact) mass is 325 g/mol. The lowest BCUT2D eigenvalue weighted by Crippen LogP contribution is -2.19. The Morgan fingerprint density at radius 1 is 1.32 bits per heavy atom. The summed E-state index contributed by atoms with van der Waals surface area (Å²) in [5.74, 6) is -3.16. The molecule has 1 aromatic carbocycles. The van der Waals surface area contributed by atoms with Crippen molar-refractivity contribution >= 4 is 5.97 Å². The minimum Gasteiger partial charge on any atom is -0.462 e. The highest BCUT2D eigenvalue weighted by Gasteiger charge is 2.34. The van der Waals surface area contributed by atoms with Crippen molar-refractivity contribution in [1.29, 1.82) is 5.26 Å². The highest BCUT2D eigenvalue weighted by molar-refractivity contribution is 5.91. The van der Waals surface area contributed by atoms with Gasteiger partial charge in [-0.15, -0.1) is 13.2 Å². The van der Waals surface area contributed by atoms with Crippen molar-refractivity contribution in [2.75, 3.05) is 6.61 Å². The van der Waals surface area contributed by atoms with E-state index in [9.17, 15) is 26.7 Å². The summed E-state index contributed by atoms with van der Waals surface area (Å²) in [7, 11) is 0. The predicted octanol–water partition coefficient (Wildman–Crippen LogP) is 3.23. The van der Waals surface area contributed by atoms with Crippen molar-refractivity contribution in [2.24, 2.45) is 0 Å². The van der Waals surface area contributed by atoms with Crippen LogP contribution in [0.25, 0.3) is 0 Å². The zero-order chi connectivity index (χ0) is 16.9. The van der Waals surface area contributed by atoms with Crippen molar-refractivity contribution in [1.82, 2.24) is 0 Å². The van der Waals surface area contributed by atoms with Gasteiger partial charge in [-0.05, 0) is 19.1 Å². The maximum Gasteiger partial charge on any atom is 0.573 e. The Hall–Kier alpha value is -2.57. The van der Waals surface area contributed by atoms with Gasteiger partial charge in [-0.1, -0.05) is 0 Å². The Morgan fingerprint density at radius 3 is 2.36 bits per heavy atom. The topological polar surface area (TPSA) is 68.5 Å². The summed E-state index contributed by atoms with van der Waals surface area (Å²) in [4.78, 5) is 11.5. The number of nitriles is 1. The Kier molecular flexibility index (Phi) is 5.50. The van der Waals surface area contributed by atoms with E-state index in [1.54, 1.807) is 0 Å². The fourth-order valence-electron chi connectivity index (χ4n) is 1.43. The first-order chi connectivity index (χ1) is 10.2. The number of ether oxygens (including phenoxy) is 3. The molecule has 0 N–H and O–H groups in total. The third kappa shape index (κ3) is 4.76. The van der Waals surface area contributed by atoms with E-state index in [-0.39, 0.29) is 6.61 Å². The summed E-state index contributed by atoms with van der Waals surface area (Å²) in [5, 5.41) is 8.80. The van der Waals surface area contributed by atoms with Crippen LogP contribution < -0.4 is 9.47 Å². The molecule has 0 unspecified atom stereocenters. The highest BCUT2D eigenvalue weighted by Crippen LogP contribution is 2.34. The van der Waals surface area contributed by atoms with Gasteiger partial charge in [-0.25, -0.2) is 4.79 Å². The van der Waals surface area contributed by atoms with Gasteiger partial charge in [-0.2, -0.15) is 14.0 Å². The molecule has 0 aliphatic rings. The van der Waals surface area contributed by atoms with Crippen molar-refractivity contribution in [2.45, 2.75) is 19.9 Å². The minimum atomic E-state index is -5.19. The van der Waals surface area contributed by atoms with E-state index in [0.29, 0.717) is 12.1 Å². The van der Waals surface area contributed by atoms with E-state index in [1.807, 2.05) is 0 Å². The van der Waals surface area contributed by atoms with E-state index in [4.69, 9.17) is 5.26 Å². The van der Waals surface area contributed by atoms with Crippen molar-refractivity contribution < 1.29 is 41.0 Å². The molecule has 0 spiro atoms. The fourth-order valence-corrected chi connectivity index (χ4v) is 1.43. The van der Waals surface area contributed by atoms with E-state index >= 15 is 0 Å². The standard InChI is InChI=1S/C12H8F5NO4/c1-2-20-10(19)6-3-8(21-11(13)14)7(5-18)9(4-6)22-12(15,16)17/h3-4,11H,2H2,1H3.